The van der Waals surface area contributed by atoms with Crippen LogP contribution in [0.5, 0.6) is 0 Å². The van der Waals surface area contributed by atoms with Crippen molar-refractivity contribution in [2.24, 2.45) is 11.5 Å². The van der Waals surface area contributed by atoms with Crippen molar-refractivity contribution in [2.45, 2.75) is 128 Å². The molecule has 2 aliphatic rings. The summed E-state index contributed by atoms with van der Waals surface area (Å²) in [4.78, 5) is 50.2. The molecule has 432 valence electrons. The van der Waals surface area contributed by atoms with Crippen molar-refractivity contribution in [3.8, 4) is 0 Å². The molecule has 6 heterocycles. The van der Waals surface area contributed by atoms with Crippen molar-refractivity contribution < 1.29 is 37.7 Å². The van der Waals surface area contributed by atoms with Gasteiger partial charge in [0.25, 0.3) is 20.1 Å². The fraction of sp³-hybridized carbons (Fsp3) is 0.393. The van der Waals surface area contributed by atoms with Crippen molar-refractivity contribution in [1.29, 1.82) is 0 Å². The van der Waals surface area contributed by atoms with Crippen LogP contribution in [0, 0.1) is 0 Å². The number of nitrogens with zero attached hydrogens (tertiary/aromatic N) is 8. The number of carbonyl (C=O) groups is 2. The molecule has 0 spiro atoms. The van der Waals surface area contributed by atoms with Crippen LogP contribution in [0.25, 0.3) is 22.3 Å². The zero-order valence-corrected chi connectivity index (χ0v) is 49.2. The SMILES string of the molecule is COC1[C@@H](N)[C@@H](COC(C)N(C(C)C)C(C)C)O[C@H]1n1cnc2c(NC(=O)c3ccccc3)ccnc21.COC1[C@@H](N)[C@@H](CO[Si](c2ccccc2)(c2ccccc2)C(C)(C)C)O[C@H]1n1cnc2c(NC(=O)c3ccccc3)ncnc21. The van der Waals surface area contributed by atoms with Crippen LogP contribution >= 0.6 is 0 Å². The van der Waals surface area contributed by atoms with E-state index in [9.17, 15) is 9.59 Å². The number of carbonyl (C=O) groups excluding carboxylic acids is 2. The Labute approximate surface area is 480 Å². The predicted molar refractivity (Wildman–Crippen MR) is 318 cm³/mol. The molecule has 82 heavy (non-hydrogen) atoms. The van der Waals surface area contributed by atoms with E-state index >= 15 is 0 Å². The molecule has 2 amide bonds. The first kappa shape index (κ1) is 59.5. The second-order valence-corrected chi connectivity index (χ2v) is 26.4. The van der Waals surface area contributed by atoms with E-state index in [1.54, 1.807) is 84.7 Å². The van der Waals surface area contributed by atoms with Crippen LogP contribution < -0.4 is 32.5 Å². The Morgan fingerprint density at radius 3 is 1.57 bits per heavy atom. The van der Waals surface area contributed by atoms with E-state index in [1.165, 1.54) is 16.7 Å². The van der Waals surface area contributed by atoms with Crippen molar-refractivity contribution >= 4 is 64.3 Å². The van der Waals surface area contributed by atoms with Crippen molar-refractivity contribution in [3.63, 3.8) is 0 Å². The van der Waals surface area contributed by atoms with Gasteiger partial charge in [0.05, 0.1) is 43.6 Å². The summed E-state index contributed by atoms with van der Waals surface area (Å²) in [6.07, 6.45) is 3.22. The molecule has 0 bridgehead atoms. The Morgan fingerprint density at radius 1 is 0.622 bits per heavy atom. The number of pyridine rings is 1. The van der Waals surface area contributed by atoms with E-state index in [4.69, 9.17) is 39.6 Å². The minimum absolute atomic E-state index is 0.0950. The number of aromatic nitrogens is 7. The summed E-state index contributed by atoms with van der Waals surface area (Å²) in [7, 11) is 0.414. The molecule has 2 saturated heterocycles. The molecule has 4 aromatic carbocycles. The summed E-state index contributed by atoms with van der Waals surface area (Å²) < 4.78 is 41.6. The Bertz CT molecular complexity index is 3320. The van der Waals surface area contributed by atoms with Gasteiger partial charge in [0.15, 0.2) is 35.1 Å². The number of benzene rings is 4. The second-order valence-electron chi connectivity index (χ2n) is 22.1. The molecule has 10 rings (SSSR count). The van der Waals surface area contributed by atoms with Gasteiger partial charge in [-0.3, -0.25) is 23.6 Å². The highest BCUT2D eigenvalue weighted by molar-refractivity contribution is 6.99. The van der Waals surface area contributed by atoms with Gasteiger partial charge in [-0.05, 0) is 80.4 Å². The maximum Gasteiger partial charge on any atom is 0.261 e. The normalized spacial score (nSPS) is 21.5. The quantitative estimate of drug-likeness (QED) is 0.0459. The van der Waals surface area contributed by atoms with Crippen LogP contribution in [-0.4, -0.2) is 141 Å². The highest BCUT2D eigenvalue weighted by atomic mass is 28.4. The summed E-state index contributed by atoms with van der Waals surface area (Å²) in [5, 5.41) is 7.94. The number of nitrogens with one attached hydrogen (secondary N) is 2. The monoisotopic (exact) mass is 1130 g/mol. The van der Waals surface area contributed by atoms with E-state index in [-0.39, 0.29) is 35.8 Å². The Hall–Kier alpha value is -7.15. The third kappa shape index (κ3) is 12.3. The average molecular weight is 1130 g/mol. The third-order valence-electron chi connectivity index (χ3n) is 15.3. The molecule has 2 aliphatic heterocycles. The standard InChI is InChI=1S/C34H38N6O4Si.C27H38N6O4/c1-34(2,3)45(24-16-10-6-11-17-24,25-18-12-7-13-19-25)43-20-26-27(35)29(42-4)33(44-26)40-22-38-28-30(36-21-37-31(28)40)39-32(41)23-14-8-5-9-15-23;1-16(2)33(17(3)4)18(5)36-14-21-22(28)24(35-6)27(37-21)32-15-30-23-20(12-13-29-25(23)32)31-26(34)19-10-8-7-9-11-19/h5-19,21-22,26-27,29,33H,20,35H2,1-4H3,(H,36,37,39,41);7-13,15-18,21-22,24,27H,14,28H2,1-6H3,(H,29,31,34)/t26-,27+,29?,33-;18?,21-,22+,24?,27-/m11/s1. The lowest BCUT2D eigenvalue weighted by molar-refractivity contribution is -0.119. The van der Waals surface area contributed by atoms with Gasteiger partial charge in [-0.15, -0.1) is 0 Å². The van der Waals surface area contributed by atoms with Gasteiger partial charge >= 0.3 is 0 Å². The van der Waals surface area contributed by atoms with Crippen LogP contribution in [0.3, 0.4) is 0 Å². The summed E-state index contributed by atoms with van der Waals surface area (Å²) in [5.41, 5.74) is 17.0. The fourth-order valence-electron chi connectivity index (χ4n) is 11.4. The maximum absolute atomic E-state index is 12.9. The lowest BCUT2D eigenvalue weighted by atomic mass is 10.1. The van der Waals surface area contributed by atoms with Crippen molar-refractivity contribution in [1.82, 2.24) is 39.0 Å². The number of imidazole rings is 2. The summed E-state index contributed by atoms with van der Waals surface area (Å²) in [6, 6.07) is 40.4. The predicted octanol–water partition coefficient (Wildman–Crippen LogP) is 7.30. The molecule has 0 radical (unpaired) electrons. The molecule has 0 saturated carbocycles. The van der Waals surface area contributed by atoms with E-state index < -0.39 is 51.2 Å². The lowest BCUT2D eigenvalue weighted by Crippen LogP contribution is -2.67. The number of methoxy groups -OCH3 is 2. The summed E-state index contributed by atoms with van der Waals surface area (Å²) >= 11 is 0. The van der Waals surface area contributed by atoms with Gasteiger partial charge in [-0.2, -0.15) is 0 Å². The zero-order valence-electron chi connectivity index (χ0n) is 48.2. The number of fused-ring (bicyclic) bond motifs is 2. The molecule has 21 heteroatoms. The highest BCUT2D eigenvalue weighted by Crippen LogP contribution is 2.40. The number of amides is 2. The molecule has 4 aromatic heterocycles. The highest BCUT2D eigenvalue weighted by Gasteiger charge is 2.53. The number of anilines is 2. The first-order valence-electron chi connectivity index (χ1n) is 27.7. The number of nitrogens with two attached hydrogens (primary N) is 2. The Morgan fingerprint density at radius 2 is 1.09 bits per heavy atom. The number of hydrogen-bond acceptors (Lipinski definition) is 16. The number of hydrogen-bond donors (Lipinski definition) is 4. The molecule has 3 unspecified atom stereocenters. The summed E-state index contributed by atoms with van der Waals surface area (Å²) in [6.45, 7) is 18.0. The largest absolute Gasteiger partial charge is 0.405 e. The first-order chi connectivity index (χ1) is 39.5. The van der Waals surface area contributed by atoms with Crippen LogP contribution in [-0.2, 0) is 28.1 Å². The van der Waals surface area contributed by atoms with E-state index in [2.05, 4.69) is 137 Å². The lowest BCUT2D eigenvalue weighted by Gasteiger charge is -2.43. The number of rotatable bonds is 19. The second kappa shape index (κ2) is 26.0. The van der Waals surface area contributed by atoms with Crippen molar-refractivity contribution in [2.75, 3.05) is 38.1 Å². The molecule has 6 N–H and O–H groups in total. The smallest absolute Gasteiger partial charge is 0.261 e. The first-order valence-corrected chi connectivity index (χ1v) is 29.6. The van der Waals surface area contributed by atoms with Crippen LogP contribution in [0.15, 0.2) is 153 Å². The minimum Gasteiger partial charge on any atom is -0.405 e. The van der Waals surface area contributed by atoms with Crippen LogP contribution in [0.1, 0.15) is 88.6 Å². The molecular weight excluding hydrogens is 1060 g/mol. The fourth-order valence-corrected chi connectivity index (χ4v) is 16.0. The number of ether oxygens (including phenoxy) is 5. The molecule has 0 aliphatic carbocycles. The Balaban J connectivity index is 0.000000202. The molecule has 2 fully saturated rings. The van der Waals surface area contributed by atoms with Crippen molar-refractivity contribution in [3.05, 3.63) is 164 Å². The topological polar surface area (TPSA) is 243 Å². The van der Waals surface area contributed by atoms with Gasteiger partial charge in [-0.1, -0.05) is 118 Å². The van der Waals surface area contributed by atoms with Crippen LogP contribution in [0.4, 0.5) is 11.5 Å². The van der Waals surface area contributed by atoms with Gasteiger partial charge in [0.2, 0.25) is 0 Å². The van der Waals surface area contributed by atoms with E-state index in [0.717, 1.165) is 0 Å². The third-order valence-corrected chi connectivity index (χ3v) is 20.3. The molecule has 9 atom stereocenters. The summed E-state index contributed by atoms with van der Waals surface area (Å²) in [5.74, 6) is -0.213. The minimum atomic E-state index is -2.82. The molecule has 20 nitrogen and oxygen atoms in total. The molecular formula is C61H76N12O8Si. The van der Waals surface area contributed by atoms with Gasteiger partial charge in [0.1, 0.15) is 42.5 Å². The maximum atomic E-state index is 12.9. The molecule has 8 aromatic rings. The zero-order chi connectivity index (χ0) is 58.3. The van der Waals surface area contributed by atoms with E-state index in [0.29, 0.717) is 63.7 Å². The van der Waals surface area contributed by atoms with E-state index in [1.807, 2.05) is 43.3 Å². The Kier molecular flexibility index (Phi) is 18.8. The average Bonchev–Trinajstić information content (AvgIpc) is 3.15. The van der Waals surface area contributed by atoms with Crippen LogP contribution in [0.2, 0.25) is 5.04 Å². The van der Waals surface area contributed by atoms with Gasteiger partial charge in [-0.25, -0.2) is 24.9 Å². The van der Waals surface area contributed by atoms with Gasteiger partial charge in [0, 0.05) is 43.6 Å². The van der Waals surface area contributed by atoms with Gasteiger partial charge < -0.3 is 50.2 Å².